The second-order valence-electron chi connectivity index (χ2n) is 6.50. The van der Waals surface area contributed by atoms with E-state index in [1.807, 2.05) is 19.1 Å². The molecule has 0 spiro atoms. The van der Waals surface area contributed by atoms with E-state index in [0.717, 1.165) is 41.3 Å². The van der Waals surface area contributed by atoms with E-state index in [2.05, 4.69) is 31.1 Å². The Hall–Kier alpha value is -1.14. The topological polar surface area (TPSA) is 65.5 Å². The summed E-state index contributed by atoms with van der Waals surface area (Å²) in [6, 6.07) is 4.77. The maximum atomic E-state index is 11.0. The van der Waals surface area contributed by atoms with E-state index in [1.54, 1.807) is 0 Å². The van der Waals surface area contributed by atoms with E-state index in [-0.39, 0.29) is 6.54 Å². The van der Waals surface area contributed by atoms with Gasteiger partial charge in [0.25, 0.3) is 0 Å². The summed E-state index contributed by atoms with van der Waals surface area (Å²) in [5.74, 6) is 0.903. The third-order valence-corrected chi connectivity index (χ3v) is 5.37. The number of nitrogens with zero attached hydrogens (tertiary/aromatic N) is 2. The summed E-state index contributed by atoms with van der Waals surface area (Å²) in [5, 5.41) is 12.5. The van der Waals surface area contributed by atoms with Gasteiger partial charge < -0.3 is 10.4 Å². The zero-order valence-corrected chi connectivity index (χ0v) is 14.3. The van der Waals surface area contributed by atoms with Gasteiger partial charge in [0, 0.05) is 23.1 Å². The molecule has 2 aliphatic carbocycles. The quantitative estimate of drug-likeness (QED) is 0.775. The molecule has 1 aromatic heterocycles. The van der Waals surface area contributed by atoms with Crippen molar-refractivity contribution >= 4 is 27.7 Å². The van der Waals surface area contributed by atoms with Crippen LogP contribution >= 0.6 is 15.9 Å². The number of anilines is 1. The fraction of sp³-hybridized carbons (Fsp3) is 0.625. The summed E-state index contributed by atoms with van der Waals surface area (Å²) in [6.07, 6.45) is 4.51. The third kappa shape index (κ3) is 3.98. The van der Waals surface area contributed by atoms with Crippen molar-refractivity contribution in [3.63, 3.8) is 0 Å². The number of hydrogen-bond donors (Lipinski definition) is 2. The SMILES string of the molecule is Cc1nc(NC2CC(N(CC(=O)O)CC3CC3)C2)ccc1Br. The number of hydrogen-bond acceptors (Lipinski definition) is 4. The van der Waals surface area contributed by atoms with E-state index in [0.29, 0.717) is 12.1 Å². The van der Waals surface area contributed by atoms with Crippen molar-refractivity contribution < 1.29 is 9.90 Å². The van der Waals surface area contributed by atoms with Gasteiger partial charge in [-0.05, 0) is 66.6 Å². The number of pyridine rings is 1. The lowest BCUT2D eigenvalue weighted by atomic mass is 9.85. The number of carbonyl (C=O) groups is 1. The molecule has 0 saturated heterocycles. The van der Waals surface area contributed by atoms with Crippen molar-refractivity contribution in [2.75, 3.05) is 18.4 Å². The largest absolute Gasteiger partial charge is 0.480 e. The van der Waals surface area contributed by atoms with Gasteiger partial charge in [-0.3, -0.25) is 9.69 Å². The minimum Gasteiger partial charge on any atom is -0.480 e. The molecule has 0 aromatic carbocycles. The average molecular weight is 368 g/mol. The monoisotopic (exact) mass is 367 g/mol. The highest BCUT2D eigenvalue weighted by atomic mass is 79.9. The van der Waals surface area contributed by atoms with E-state index < -0.39 is 5.97 Å². The molecule has 1 aromatic rings. The van der Waals surface area contributed by atoms with Crippen LogP contribution in [0.5, 0.6) is 0 Å². The van der Waals surface area contributed by atoms with E-state index in [4.69, 9.17) is 5.11 Å². The first kappa shape index (κ1) is 15.7. The predicted octanol–water partition coefficient (Wildman–Crippen LogP) is 2.89. The number of halogens is 1. The summed E-state index contributed by atoms with van der Waals surface area (Å²) < 4.78 is 1.02. The van der Waals surface area contributed by atoms with Crippen molar-refractivity contribution in [1.29, 1.82) is 0 Å². The first-order valence-electron chi connectivity index (χ1n) is 7.87. The summed E-state index contributed by atoms with van der Waals surface area (Å²) in [7, 11) is 0. The van der Waals surface area contributed by atoms with Gasteiger partial charge >= 0.3 is 5.97 Å². The highest BCUT2D eigenvalue weighted by Gasteiger charge is 2.37. The average Bonchev–Trinajstić information content (AvgIpc) is 3.20. The van der Waals surface area contributed by atoms with Crippen molar-refractivity contribution in [3.8, 4) is 0 Å². The maximum absolute atomic E-state index is 11.0. The van der Waals surface area contributed by atoms with Gasteiger partial charge in [0.05, 0.1) is 12.2 Å². The second-order valence-corrected chi connectivity index (χ2v) is 7.35. The number of aliphatic carboxylic acids is 1. The number of aromatic nitrogens is 1. The van der Waals surface area contributed by atoms with Crippen LogP contribution in [0.2, 0.25) is 0 Å². The molecular weight excluding hydrogens is 346 g/mol. The predicted molar refractivity (Wildman–Crippen MR) is 89.0 cm³/mol. The summed E-state index contributed by atoms with van der Waals surface area (Å²) in [6.45, 7) is 3.09. The Balaban J connectivity index is 1.50. The number of nitrogens with one attached hydrogen (secondary N) is 1. The molecule has 1 heterocycles. The van der Waals surface area contributed by atoms with Crippen molar-refractivity contribution in [2.24, 2.45) is 5.92 Å². The van der Waals surface area contributed by atoms with Crippen LogP contribution < -0.4 is 5.32 Å². The maximum Gasteiger partial charge on any atom is 0.317 e. The van der Waals surface area contributed by atoms with Gasteiger partial charge in [-0.15, -0.1) is 0 Å². The van der Waals surface area contributed by atoms with Gasteiger partial charge in [0.1, 0.15) is 5.82 Å². The van der Waals surface area contributed by atoms with E-state index in [1.165, 1.54) is 12.8 Å². The van der Waals surface area contributed by atoms with Crippen molar-refractivity contribution in [1.82, 2.24) is 9.88 Å². The van der Waals surface area contributed by atoms with Gasteiger partial charge in [-0.2, -0.15) is 0 Å². The number of carboxylic acids is 1. The summed E-state index contributed by atoms with van der Waals surface area (Å²) >= 11 is 3.45. The van der Waals surface area contributed by atoms with Crippen LogP contribution in [0.3, 0.4) is 0 Å². The molecule has 120 valence electrons. The number of aryl methyl sites for hydroxylation is 1. The number of rotatable bonds is 7. The normalized spacial score (nSPS) is 24.1. The molecule has 0 aliphatic heterocycles. The minimum atomic E-state index is -0.720. The smallest absolute Gasteiger partial charge is 0.317 e. The molecule has 0 unspecified atom stereocenters. The van der Waals surface area contributed by atoms with Gasteiger partial charge in [-0.25, -0.2) is 4.98 Å². The molecule has 3 rings (SSSR count). The molecule has 6 heteroatoms. The first-order chi connectivity index (χ1) is 10.5. The Morgan fingerprint density at radius 1 is 1.45 bits per heavy atom. The fourth-order valence-corrected chi connectivity index (χ4v) is 3.21. The van der Waals surface area contributed by atoms with E-state index in [9.17, 15) is 4.79 Å². The molecule has 2 fully saturated rings. The molecule has 5 nitrogen and oxygen atoms in total. The van der Waals surface area contributed by atoms with Crippen LogP contribution in [0.1, 0.15) is 31.4 Å². The Labute approximate surface area is 139 Å². The fourth-order valence-electron chi connectivity index (χ4n) is 2.99. The lowest BCUT2D eigenvalue weighted by Crippen LogP contribution is -2.52. The van der Waals surface area contributed by atoms with Crippen LogP contribution in [0, 0.1) is 12.8 Å². The molecular formula is C16H22BrN3O2. The van der Waals surface area contributed by atoms with Gasteiger partial charge in [0.15, 0.2) is 0 Å². The Bertz CT molecular complexity index is 556. The highest BCUT2D eigenvalue weighted by Crippen LogP contribution is 2.34. The summed E-state index contributed by atoms with van der Waals surface area (Å²) in [5.41, 5.74) is 0.974. The lowest BCUT2D eigenvalue weighted by molar-refractivity contribution is -0.139. The standard InChI is InChI=1S/C16H22BrN3O2/c1-10-14(17)4-5-15(18-10)19-12-6-13(7-12)20(9-16(21)22)8-11-2-3-11/h4-5,11-13H,2-3,6-9H2,1H3,(H,18,19)(H,21,22). The van der Waals surface area contributed by atoms with Crippen molar-refractivity contribution in [3.05, 3.63) is 22.3 Å². The molecule has 0 bridgehead atoms. The molecule has 22 heavy (non-hydrogen) atoms. The number of carboxylic acid groups (broad SMARTS) is 1. The zero-order chi connectivity index (χ0) is 15.7. The second kappa shape index (κ2) is 6.54. The molecule has 0 atom stereocenters. The minimum absolute atomic E-state index is 0.170. The molecule has 2 saturated carbocycles. The van der Waals surface area contributed by atoms with Crippen LogP contribution in [0.15, 0.2) is 16.6 Å². The lowest BCUT2D eigenvalue weighted by Gasteiger charge is -2.43. The highest BCUT2D eigenvalue weighted by molar-refractivity contribution is 9.10. The van der Waals surface area contributed by atoms with Gasteiger partial charge in [-0.1, -0.05) is 0 Å². The van der Waals surface area contributed by atoms with Crippen LogP contribution in [-0.4, -0.2) is 46.1 Å². The third-order valence-electron chi connectivity index (χ3n) is 4.53. The molecule has 2 N–H and O–H groups in total. The van der Waals surface area contributed by atoms with E-state index >= 15 is 0 Å². The van der Waals surface area contributed by atoms with Crippen LogP contribution in [0.4, 0.5) is 5.82 Å². The first-order valence-corrected chi connectivity index (χ1v) is 8.66. The van der Waals surface area contributed by atoms with Crippen molar-refractivity contribution in [2.45, 2.75) is 44.7 Å². The van der Waals surface area contributed by atoms with Gasteiger partial charge in [0.2, 0.25) is 0 Å². The van der Waals surface area contributed by atoms with Crippen LogP contribution in [-0.2, 0) is 4.79 Å². The Kier molecular flexibility index (Phi) is 4.68. The molecule has 0 amide bonds. The Morgan fingerprint density at radius 3 is 2.77 bits per heavy atom. The molecule has 2 aliphatic rings. The zero-order valence-electron chi connectivity index (χ0n) is 12.8. The van der Waals surface area contributed by atoms with Crippen LogP contribution in [0.25, 0.3) is 0 Å². The Morgan fingerprint density at radius 2 is 2.18 bits per heavy atom. The summed E-state index contributed by atoms with van der Waals surface area (Å²) in [4.78, 5) is 17.7. The molecule has 0 radical (unpaired) electrons.